The van der Waals surface area contributed by atoms with Crippen LogP contribution in [0.2, 0.25) is 0 Å². The summed E-state index contributed by atoms with van der Waals surface area (Å²) in [6.07, 6.45) is 4.37. The van der Waals surface area contributed by atoms with E-state index in [4.69, 9.17) is 0 Å². The third-order valence-corrected chi connectivity index (χ3v) is 3.71. The number of hydrogen-bond donors (Lipinski definition) is 1. The number of aliphatic hydroxyl groups excluding tert-OH is 1. The van der Waals surface area contributed by atoms with E-state index in [1.807, 2.05) is 6.92 Å². The molecule has 3 aliphatic heterocycles. The van der Waals surface area contributed by atoms with Crippen molar-refractivity contribution in [1.82, 2.24) is 4.90 Å². The lowest BCUT2D eigenvalue weighted by Gasteiger charge is -2.50. The SMILES string of the molecule is C=CC1CN2CCC1C[C@H]2[C@@H](C)O. The van der Waals surface area contributed by atoms with Crippen LogP contribution >= 0.6 is 0 Å². The number of nitrogens with zero attached hydrogens (tertiary/aromatic N) is 1. The first-order valence-electron chi connectivity index (χ1n) is 5.27. The van der Waals surface area contributed by atoms with Crippen LogP contribution in [0.5, 0.6) is 0 Å². The Kier molecular flexibility index (Phi) is 2.43. The Bertz CT molecular complexity index is 202. The van der Waals surface area contributed by atoms with Crippen LogP contribution in [0.4, 0.5) is 0 Å². The molecule has 3 unspecified atom stereocenters. The first-order valence-corrected chi connectivity index (χ1v) is 5.27. The van der Waals surface area contributed by atoms with Crippen molar-refractivity contribution < 1.29 is 5.11 Å². The first-order chi connectivity index (χ1) is 6.22. The Morgan fingerprint density at radius 2 is 2.38 bits per heavy atom. The van der Waals surface area contributed by atoms with Gasteiger partial charge in [-0.25, -0.2) is 0 Å². The minimum atomic E-state index is -0.173. The Hall–Kier alpha value is -0.340. The molecule has 0 aromatic rings. The summed E-state index contributed by atoms with van der Waals surface area (Å²) in [6, 6.07) is 0.412. The fraction of sp³-hybridized carbons (Fsp3) is 0.818. The van der Waals surface area contributed by atoms with Crippen molar-refractivity contribution in [2.75, 3.05) is 13.1 Å². The molecule has 0 amide bonds. The predicted molar refractivity (Wildman–Crippen MR) is 53.5 cm³/mol. The normalized spacial score (nSPS) is 46.0. The quantitative estimate of drug-likeness (QED) is 0.648. The van der Waals surface area contributed by atoms with Crippen LogP contribution in [-0.4, -0.2) is 35.2 Å². The van der Waals surface area contributed by atoms with Crippen LogP contribution in [-0.2, 0) is 0 Å². The summed E-state index contributed by atoms with van der Waals surface area (Å²) in [7, 11) is 0. The van der Waals surface area contributed by atoms with Crippen LogP contribution in [0.1, 0.15) is 19.8 Å². The first kappa shape index (κ1) is 9.22. The maximum absolute atomic E-state index is 9.59. The molecule has 5 atom stereocenters. The van der Waals surface area contributed by atoms with Crippen molar-refractivity contribution in [3.05, 3.63) is 12.7 Å². The molecular weight excluding hydrogens is 162 g/mol. The van der Waals surface area contributed by atoms with Crippen LogP contribution in [0.25, 0.3) is 0 Å². The smallest absolute Gasteiger partial charge is 0.0667 e. The van der Waals surface area contributed by atoms with Gasteiger partial charge in [-0.15, -0.1) is 6.58 Å². The largest absolute Gasteiger partial charge is 0.392 e. The number of fused-ring (bicyclic) bond motifs is 3. The van der Waals surface area contributed by atoms with E-state index in [1.165, 1.54) is 13.0 Å². The molecule has 1 N–H and O–H groups in total. The van der Waals surface area contributed by atoms with Crippen molar-refractivity contribution >= 4 is 0 Å². The summed E-state index contributed by atoms with van der Waals surface area (Å²) in [4.78, 5) is 2.43. The van der Waals surface area contributed by atoms with Gasteiger partial charge in [0.2, 0.25) is 0 Å². The van der Waals surface area contributed by atoms with Crippen LogP contribution in [0, 0.1) is 11.8 Å². The Morgan fingerprint density at radius 3 is 2.85 bits per heavy atom. The molecular formula is C11H19NO. The van der Waals surface area contributed by atoms with E-state index in [0.717, 1.165) is 18.9 Å². The van der Waals surface area contributed by atoms with E-state index in [1.54, 1.807) is 0 Å². The van der Waals surface area contributed by atoms with Crippen molar-refractivity contribution in [2.24, 2.45) is 11.8 Å². The zero-order valence-corrected chi connectivity index (χ0v) is 8.32. The highest BCUT2D eigenvalue weighted by atomic mass is 16.3. The summed E-state index contributed by atoms with van der Waals surface area (Å²) in [5.41, 5.74) is 0. The van der Waals surface area contributed by atoms with E-state index in [2.05, 4.69) is 17.6 Å². The third-order valence-electron chi connectivity index (χ3n) is 3.71. The van der Waals surface area contributed by atoms with Crippen molar-refractivity contribution in [3.8, 4) is 0 Å². The molecule has 0 saturated carbocycles. The van der Waals surface area contributed by atoms with Crippen LogP contribution < -0.4 is 0 Å². The second-order valence-electron chi connectivity index (χ2n) is 4.49. The lowest BCUT2D eigenvalue weighted by molar-refractivity contribution is -0.0372. The minimum Gasteiger partial charge on any atom is -0.392 e. The van der Waals surface area contributed by atoms with Gasteiger partial charge < -0.3 is 5.11 Å². The van der Waals surface area contributed by atoms with Crippen LogP contribution in [0.15, 0.2) is 12.7 Å². The highest BCUT2D eigenvalue weighted by Crippen LogP contribution is 2.37. The maximum Gasteiger partial charge on any atom is 0.0667 e. The third kappa shape index (κ3) is 1.53. The molecule has 0 radical (unpaired) electrons. The topological polar surface area (TPSA) is 23.5 Å². The molecule has 0 aromatic heterocycles. The second kappa shape index (κ2) is 3.43. The number of aliphatic hydroxyl groups is 1. The van der Waals surface area contributed by atoms with Crippen molar-refractivity contribution in [3.63, 3.8) is 0 Å². The summed E-state index contributed by atoms with van der Waals surface area (Å²) in [6.45, 7) is 8.08. The minimum absolute atomic E-state index is 0.173. The number of piperidine rings is 3. The molecule has 3 rings (SSSR count). The van der Waals surface area contributed by atoms with Gasteiger partial charge in [0.1, 0.15) is 0 Å². The fourth-order valence-electron chi connectivity index (χ4n) is 2.88. The van der Waals surface area contributed by atoms with Crippen molar-refractivity contribution in [1.29, 1.82) is 0 Å². The lowest BCUT2D eigenvalue weighted by atomic mass is 9.74. The standard InChI is InChI=1S/C11H19NO/c1-3-9-7-12-5-4-10(9)6-11(12)8(2)13/h3,8-11,13H,1,4-7H2,2H3/t8-,9?,10?,11+/m1/s1. The summed E-state index contributed by atoms with van der Waals surface area (Å²) in [5, 5.41) is 9.59. The summed E-state index contributed by atoms with van der Waals surface area (Å²) in [5.74, 6) is 1.45. The zero-order chi connectivity index (χ0) is 9.42. The molecule has 2 bridgehead atoms. The molecule has 3 saturated heterocycles. The maximum atomic E-state index is 9.59. The van der Waals surface area contributed by atoms with E-state index < -0.39 is 0 Å². The number of rotatable bonds is 2. The Balaban J connectivity index is 2.07. The number of hydrogen-bond acceptors (Lipinski definition) is 2. The van der Waals surface area contributed by atoms with Gasteiger partial charge in [-0.05, 0) is 38.1 Å². The zero-order valence-electron chi connectivity index (χ0n) is 8.32. The molecule has 0 aromatic carbocycles. The summed E-state index contributed by atoms with van der Waals surface area (Å²) >= 11 is 0. The molecule has 3 heterocycles. The van der Waals surface area contributed by atoms with Gasteiger partial charge >= 0.3 is 0 Å². The molecule has 3 fully saturated rings. The van der Waals surface area contributed by atoms with E-state index in [0.29, 0.717) is 12.0 Å². The van der Waals surface area contributed by atoms with E-state index in [9.17, 15) is 5.11 Å². The molecule has 2 heteroatoms. The van der Waals surface area contributed by atoms with Gasteiger partial charge in [-0.2, -0.15) is 0 Å². The van der Waals surface area contributed by atoms with Gasteiger partial charge in [-0.3, -0.25) is 4.90 Å². The average Bonchev–Trinajstić information content (AvgIpc) is 2.18. The lowest BCUT2D eigenvalue weighted by Crippen LogP contribution is -2.56. The molecule has 13 heavy (non-hydrogen) atoms. The molecule has 2 nitrogen and oxygen atoms in total. The van der Waals surface area contributed by atoms with Gasteiger partial charge in [0.05, 0.1) is 6.10 Å². The average molecular weight is 181 g/mol. The van der Waals surface area contributed by atoms with Gasteiger partial charge in [0.15, 0.2) is 0 Å². The van der Waals surface area contributed by atoms with Gasteiger partial charge in [-0.1, -0.05) is 6.08 Å². The Morgan fingerprint density at radius 1 is 1.62 bits per heavy atom. The Labute approximate surface area is 80.2 Å². The highest BCUT2D eigenvalue weighted by molar-refractivity contribution is 4.99. The summed E-state index contributed by atoms with van der Waals surface area (Å²) < 4.78 is 0. The molecule has 0 spiro atoms. The predicted octanol–water partition coefficient (Wildman–Crippen LogP) is 1.26. The fourth-order valence-corrected chi connectivity index (χ4v) is 2.88. The monoisotopic (exact) mass is 181 g/mol. The van der Waals surface area contributed by atoms with Crippen molar-refractivity contribution in [2.45, 2.75) is 31.9 Å². The van der Waals surface area contributed by atoms with Gasteiger partial charge in [0, 0.05) is 12.6 Å². The molecule has 3 aliphatic rings. The molecule has 74 valence electrons. The van der Waals surface area contributed by atoms with E-state index >= 15 is 0 Å². The molecule has 0 aliphatic carbocycles. The van der Waals surface area contributed by atoms with Crippen LogP contribution in [0.3, 0.4) is 0 Å². The van der Waals surface area contributed by atoms with E-state index in [-0.39, 0.29) is 6.10 Å². The van der Waals surface area contributed by atoms with Gasteiger partial charge in [0.25, 0.3) is 0 Å². The second-order valence-corrected chi connectivity index (χ2v) is 4.49. The highest BCUT2D eigenvalue weighted by Gasteiger charge is 2.40.